The molecule has 5 nitrogen and oxygen atoms in total. The highest BCUT2D eigenvalue weighted by atomic mass is 79.9. The first-order valence-corrected chi connectivity index (χ1v) is 9.85. The molecule has 1 atom stereocenters. The molecule has 1 aliphatic heterocycles. The normalized spacial score (nSPS) is 18.4. The molecule has 0 saturated carbocycles. The van der Waals surface area contributed by atoms with Crippen LogP contribution in [0.4, 0.5) is 5.69 Å². The molecule has 1 amide bonds. The van der Waals surface area contributed by atoms with Gasteiger partial charge in [0.1, 0.15) is 17.6 Å². The third kappa shape index (κ3) is 3.29. The zero-order valence-corrected chi connectivity index (χ0v) is 17.4. The second kappa shape index (κ2) is 7.37. The van der Waals surface area contributed by atoms with Crippen molar-refractivity contribution in [3.05, 3.63) is 93.4 Å². The minimum Gasteiger partial charge on any atom is -0.507 e. The SMILES string of the molecule is Cc1ccc(C)c(N2C(=O)C(=O)/C(=C(\O)c3ccc(Br)cc3)C2c2ccco2)c1. The van der Waals surface area contributed by atoms with E-state index in [1.807, 2.05) is 32.0 Å². The minimum atomic E-state index is -0.853. The number of benzene rings is 2. The van der Waals surface area contributed by atoms with E-state index < -0.39 is 17.7 Å². The average Bonchev–Trinajstić information content (AvgIpc) is 3.31. The average molecular weight is 452 g/mol. The predicted molar refractivity (Wildman–Crippen MR) is 114 cm³/mol. The van der Waals surface area contributed by atoms with Crippen molar-refractivity contribution in [3.8, 4) is 0 Å². The highest BCUT2D eigenvalue weighted by molar-refractivity contribution is 9.10. The monoisotopic (exact) mass is 451 g/mol. The fourth-order valence-electron chi connectivity index (χ4n) is 3.54. The van der Waals surface area contributed by atoms with E-state index in [-0.39, 0.29) is 11.3 Å². The van der Waals surface area contributed by atoms with Gasteiger partial charge in [-0.1, -0.05) is 40.2 Å². The van der Waals surface area contributed by atoms with Crippen LogP contribution in [0.2, 0.25) is 0 Å². The summed E-state index contributed by atoms with van der Waals surface area (Å²) in [7, 11) is 0. The Morgan fingerprint density at radius 1 is 1.07 bits per heavy atom. The van der Waals surface area contributed by atoms with Gasteiger partial charge in [0.05, 0.1) is 11.8 Å². The van der Waals surface area contributed by atoms with Gasteiger partial charge in [-0.2, -0.15) is 0 Å². The fraction of sp³-hybridized carbons (Fsp3) is 0.130. The second-order valence-corrected chi connectivity index (χ2v) is 7.90. The van der Waals surface area contributed by atoms with Gasteiger partial charge in [-0.05, 0) is 55.3 Å². The molecule has 1 aliphatic rings. The summed E-state index contributed by atoms with van der Waals surface area (Å²) in [6.45, 7) is 3.80. The molecule has 0 bridgehead atoms. The van der Waals surface area contributed by atoms with Crippen LogP contribution >= 0.6 is 15.9 Å². The first kappa shape index (κ1) is 19.2. The Balaban J connectivity index is 1.95. The molecule has 1 N–H and O–H groups in total. The molecule has 1 aromatic heterocycles. The summed E-state index contributed by atoms with van der Waals surface area (Å²) < 4.78 is 6.41. The van der Waals surface area contributed by atoms with Crippen LogP contribution < -0.4 is 4.90 Å². The van der Waals surface area contributed by atoms with Crippen LogP contribution in [0, 0.1) is 13.8 Å². The molecule has 0 radical (unpaired) electrons. The Labute approximate surface area is 176 Å². The van der Waals surface area contributed by atoms with Crippen molar-refractivity contribution < 1.29 is 19.1 Å². The summed E-state index contributed by atoms with van der Waals surface area (Å²) in [5, 5.41) is 11.0. The number of hydrogen-bond acceptors (Lipinski definition) is 4. The van der Waals surface area contributed by atoms with E-state index in [1.165, 1.54) is 11.2 Å². The molecule has 2 aromatic carbocycles. The molecule has 6 heteroatoms. The van der Waals surface area contributed by atoms with Crippen molar-refractivity contribution in [2.75, 3.05) is 4.90 Å². The van der Waals surface area contributed by atoms with Gasteiger partial charge in [-0.3, -0.25) is 14.5 Å². The van der Waals surface area contributed by atoms with E-state index >= 15 is 0 Å². The van der Waals surface area contributed by atoms with Crippen LogP contribution in [0.5, 0.6) is 0 Å². The standard InChI is InChI=1S/C23H18BrNO4/c1-13-5-6-14(2)17(12-13)25-20(18-4-3-11-29-18)19(22(27)23(25)28)21(26)15-7-9-16(24)10-8-15/h3-12,20,26H,1-2H3/b21-19-. The van der Waals surface area contributed by atoms with E-state index in [4.69, 9.17) is 4.42 Å². The summed E-state index contributed by atoms with van der Waals surface area (Å²) in [4.78, 5) is 27.5. The number of rotatable bonds is 3. The van der Waals surface area contributed by atoms with Gasteiger partial charge >= 0.3 is 0 Å². The lowest BCUT2D eigenvalue weighted by Crippen LogP contribution is -2.30. The van der Waals surface area contributed by atoms with E-state index in [0.717, 1.165) is 15.6 Å². The Morgan fingerprint density at radius 2 is 1.79 bits per heavy atom. The molecular formula is C23H18BrNO4. The molecule has 0 spiro atoms. The van der Waals surface area contributed by atoms with Gasteiger partial charge < -0.3 is 9.52 Å². The second-order valence-electron chi connectivity index (χ2n) is 6.98. The molecule has 2 heterocycles. The number of carbonyl (C=O) groups is 2. The maximum absolute atomic E-state index is 13.1. The number of hydrogen-bond donors (Lipinski definition) is 1. The number of nitrogens with zero attached hydrogens (tertiary/aromatic N) is 1. The minimum absolute atomic E-state index is 0.00757. The number of ketones is 1. The third-order valence-electron chi connectivity index (χ3n) is 5.00. The number of aliphatic hydroxyl groups excluding tert-OH is 1. The number of aliphatic hydroxyl groups is 1. The van der Waals surface area contributed by atoms with Crippen LogP contribution in [0.1, 0.15) is 28.5 Å². The molecular weight excluding hydrogens is 434 g/mol. The predicted octanol–water partition coefficient (Wildman–Crippen LogP) is 5.29. The van der Waals surface area contributed by atoms with Crippen LogP contribution in [-0.2, 0) is 9.59 Å². The Hall–Kier alpha value is -3.12. The van der Waals surface area contributed by atoms with Crippen molar-refractivity contribution >= 4 is 39.1 Å². The van der Waals surface area contributed by atoms with Crippen LogP contribution in [0.3, 0.4) is 0 Å². The number of amides is 1. The molecule has 4 rings (SSSR count). The zero-order chi connectivity index (χ0) is 20.7. The number of carbonyl (C=O) groups excluding carboxylic acids is 2. The van der Waals surface area contributed by atoms with E-state index in [9.17, 15) is 14.7 Å². The van der Waals surface area contributed by atoms with Crippen molar-refractivity contribution in [1.29, 1.82) is 0 Å². The van der Waals surface area contributed by atoms with Crippen LogP contribution in [-0.4, -0.2) is 16.8 Å². The molecule has 3 aromatic rings. The number of furan rings is 1. The molecule has 29 heavy (non-hydrogen) atoms. The highest BCUT2D eigenvalue weighted by Gasteiger charge is 2.48. The van der Waals surface area contributed by atoms with E-state index in [0.29, 0.717) is 17.0 Å². The van der Waals surface area contributed by atoms with Crippen LogP contribution in [0.15, 0.2) is 75.3 Å². The molecule has 1 unspecified atom stereocenters. The first-order valence-electron chi connectivity index (χ1n) is 9.06. The Morgan fingerprint density at radius 3 is 2.45 bits per heavy atom. The summed E-state index contributed by atoms with van der Waals surface area (Å²) in [6, 6.07) is 15.1. The lowest BCUT2D eigenvalue weighted by Gasteiger charge is -2.25. The van der Waals surface area contributed by atoms with Gasteiger partial charge in [0.25, 0.3) is 11.7 Å². The Bertz CT molecular complexity index is 1130. The van der Waals surface area contributed by atoms with E-state index in [2.05, 4.69) is 15.9 Å². The number of aryl methyl sites for hydroxylation is 2. The topological polar surface area (TPSA) is 70.8 Å². The van der Waals surface area contributed by atoms with Gasteiger partial charge in [0, 0.05) is 15.7 Å². The van der Waals surface area contributed by atoms with Gasteiger partial charge in [0.15, 0.2) is 0 Å². The number of Topliss-reactive ketones (excluding diaryl/α,β-unsaturated/α-hetero) is 1. The molecule has 1 saturated heterocycles. The summed E-state index contributed by atoms with van der Waals surface area (Å²) in [6.07, 6.45) is 1.48. The summed E-state index contributed by atoms with van der Waals surface area (Å²) in [5.74, 6) is -1.26. The lowest BCUT2D eigenvalue weighted by atomic mass is 9.99. The van der Waals surface area contributed by atoms with Crippen molar-refractivity contribution in [2.24, 2.45) is 0 Å². The van der Waals surface area contributed by atoms with Crippen LogP contribution in [0.25, 0.3) is 5.76 Å². The molecule has 1 fully saturated rings. The maximum Gasteiger partial charge on any atom is 0.300 e. The third-order valence-corrected chi connectivity index (χ3v) is 5.53. The molecule has 0 aliphatic carbocycles. The quantitative estimate of drug-likeness (QED) is 0.333. The first-order chi connectivity index (χ1) is 13.9. The smallest absolute Gasteiger partial charge is 0.300 e. The fourth-order valence-corrected chi connectivity index (χ4v) is 3.80. The van der Waals surface area contributed by atoms with Crippen molar-refractivity contribution in [2.45, 2.75) is 19.9 Å². The zero-order valence-electron chi connectivity index (χ0n) is 15.8. The lowest BCUT2D eigenvalue weighted by molar-refractivity contribution is -0.132. The highest BCUT2D eigenvalue weighted by Crippen LogP contribution is 2.43. The maximum atomic E-state index is 13.1. The molecule has 146 valence electrons. The van der Waals surface area contributed by atoms with Crippen molar-refractivity contribution in [3.63, 3.8) is 0 Å². The Kier molecular flexibility index (Phi) is 4.88. The van der Waals surface area contributed by atoms with Gasteiger partial charge in [-0.15, -0.1) is 0 Å². The summed E-state index contributed by atoms with van der Waals surface area (Å²) in [5.41, 5.74) is 2.87. The largest absolute Gasteiger partial charge is 0.507 e. The van der Waals surface area contributed by atoms with E-state index in [1.54, 1.807) is 36.4 Å². The van der Waals surface area contributed by atoms with Gasteiger partial charge in [-0.25, -0.2) is 0 Å². The van der Waals surface area contributed by atoms with Gasteiger partial charge in [0.2, 0.25) is 0 Å². The number of halogens is 1. The summed E-state index contributed by atoms with van der Waals surface area (Å²) >= 11 is 3.36. The number of anilines is 1. The van der Waals surface area contributed by atoms with Crippen molar-refractivity contribution in [1.82, 2.24) is 0 Å².